The zero-order valence-corrected chi connectivity index (χ0v) is 16.9. The Morgan fingerprint density at radius 2 is 1.67 bits per heavy atom. The van der Waals surface area contributed by atoms with Crippen LogP contribution in [-0.2, 0) is 4.79 Å². The highest BCUT2D eigenvalue weighted by Gasteiger charge is 2.08. The molecule has 1 N–H and O–H groups in total. The molecular formula is C22H23N3OS. The van der Waals surface area contributed by atoms with Gasteiger partial charge in [0.2, 0.25) is 5.91 Å². The topological polar surface area (TPSA) is 54.9 Å². The normalized spacial score (nSPS) is 10.7. The number of thioether (sulfide) groups is 1. The maximum Gasteiger partial charge on any atom is 0.234 e. The van der Waals surface area contributed by atoms with Gasteiger partial charge in [-0.3, -0.25) is 4.79 Å². The van der Waals surface area contributed by atoms with Gasteiger partial charge in [-0.15, -0.1) is 10.2 Å². The smallest absolute Gasteiger partial charge is 0.234 e. The van der Waals surface area contributed by atoms with Crippen LogP contribution in [-0.4, -0.2) is 21.9 Å². The van der Waals surface area contributed by atoms with Gasteiger partial charge in [-0.05, 0) is 74.2 Å². The Balaban J connectivity index is 1.60. The molecule has 3 aromatic rings. The standard InChI is InChI=1S/C22H23N3OS/c1-14-5-6-16(3)20(11-14)23-21(26)13-27-22-10-9-19(24-25-22)18-8-7-15(2)17(4)12-18/h5-12H,13H2,1-4H3,(H,23,26). The highest BCUT2D eigenvalue weighted by Crippen LogP contribution is 2.22. The molecule has 0 atom stereocenters. The van der Waals surface area contributed by atoms with Crippen molar-refractivity contribution >= 4 is 23.4 Å². The molecule has 2 aromatic carbocycles. The Hall–Kier alpha value is -2.66. The summed E-state index contributed by atoms with van der Waals surface area (Å²) in [6.45, 7) is 8.18. The molecule has 0 bridgehead atoms. The molecule has 1 heterocycles. The summed E-state index contributed by atoms with van der Waals surface area (Å²) in [5.41, 5.74) is 7.41. The lowest BCUT2D eigenvalue weighted by molar-refractivity contribution is -0.113. The quantitative estimate of drug-likeness (QED) is 0.628. The van der Waals surface area contributed by atoms with Gasteiger partial charge in [0.1, 0.15) is 5.03 Å². The van der Waals surface area contributed by atoms with Crippen LogP contribution in [0.25, 0.3) is 11.3 Å². The third-order valence-electron chi connectivity index (χ3n) is 4.46. The first-order chi connectivity index (χ1) is 12.9. The Morgan fingerprint density at radius 3 is 2.37 bits per heavy atom. The Morgan fingerprint density at radius 1 is 0.889 bits per heavy atom. The van der Waals surface area contributed by atoms with E-state index in [1.807, 2.05) is 44.2 Å². The molecule has 0 radical (unpaired) electrons. The van der Waals surface area contributed by atoms with E-state index in [-0.39, 0.29) is 5.91 Å². The summed E-state index contributed by atoms with van der Waals surface area (Å²) in [5, 5.41) is 12.3. The Labute approximate surface area is 164 Å². The van der Waals surface area contributed by atoms with Gasteiger partial charge < -0.3 is 5.32 Å². The minimum absolute atomic E-state index is 0.0475. The fourth-order valence-corrected chi connectivity index (χ4v) is 3.26. The first kappa shape index (κ1) is 19.1. The maximum absolute atomic E-state index is 12.2. The highest BCUT2D eigenvalue weighted by molar-refractivity contribution is 7.99. The lowest BCUT2D eigenvalue weighted by atomic mass is 10.0. The molecule has 0 aliphatic rings. The number of benzene rings is 2. The number of hydrogen-bond donors (Lipinski definition) is 1. The van der Waals surface area contributed by atoms with Crippen LogP contribution < -0.4 is 5.32 Å². The van der Waals surface area contributed by atoms with E-state index in [4.69, 9.17) is 0 Å². The van der Waals surface area contributed by atoms with Crippen molar-refractivity contribution in [1.82, 2.24) is 10.2 Å². The van der Waals surface area contributed by atoms with Gasteiger partial charge in [-0.1, -0.05) is 36.0 Å². The van der Waals surface area contributed by atoms with E-state index in [9.17, 15) is 4.79 Å². The summed E-state index contributed by atoms with van der Waals surface area (Å²) in [4.78, 5) is 12.2. The van der Waals surface area contributed by atoms with E-state index in [0.29, 0.717) is 5.75 Å². The second-order valence-corrected chi connectivity index (χ2v) is 7.71. The number of nitrogens with one attached hydrogen (secondary N) is 1. The van der Waals surface area contributed by atoms with Gasteiger partial charge in [0.15, 0.2) is 0 Å². The van der Waals surface area contributed by atoms with Crippen molar-refractivity contribution in [3.05, 3.63) is 70.8 Å². The fraction of sp³-hybridized carbons (Fsp3) is 0.227. The summed E-state index contributed by atoms with van der Waals surface area (Å²) in [6.07, 6.45) is 0. The summed E-state index contributed by atoms with van der Waals surface area (Å²) in [6, 6.07) is 16.1. The molecule has 1 aromatic heterocycles. The van der Waals surface area contributed by atoms with Crippen molar-refractivity contribution in [2.24, 2.45) is 0 Å². The second-order valence-electron chi connectivity index (χ2n) is 6.71. The average molecular weight is 378 g/mol. The molecule has 0 unspecified atom stereocenters. The van der Waals surface area contributed by atoms with Crippen LogP contribution in [0.5, 0.6) is 0 Å². The van der Waals surface area contributed by atoms with E-state index < -0.39 is 0 Å². The molecule has 3 rings (SSSR count). The largest absolute Gasteiger partial charge is 0.325 e. The van der Waals surface area contributed by atoms with Gasteiger partial charge >= 0.3 is 0 Å². The van der Waals surface area contributed by atoms with Crippen molar-refractivity contribution in [1.29, 1.82) is 0 Å². The van der Waals surface area contributed by atoms with Crippen molar-refractivity contribution in [3.63, 3.8) is 0 Å². The van der Waals surface area contributed by atoms with Crippen LogP contribution in [0.15, 0.2) is 53.6 Å². The first-order valence-electron chi connectivity index (χ1n) is 8.83. The molecule has 1 amide bonds. The molecule has 0 saturated heterocycles. The molecule has 138 valence electrons. The number of carbonyl (C=O) groups is 1. The molecular weight excluding hydrogens is 354 g/mol. The summed E-state index contributed by atoms with van der Waals surface area (Å²) >= 11 is 1.38. The predicted octanol–water partition coefficient (Wildman–Crippen LogP) is 5.11. The number of rotatable bonds is 5. The summed E-state index contributed by atoms with van der Waals surface area (Å²) in [7, 11) is 0. The number of nitrogens with zero attached hydrogens (tertiary/aromatic N) is 2. The Bertz CT molecular complexity index is 968. The molecule has 0 aliphatic carbocycles. The molecule has 27 heavy (non-hydrogen) atoms. The van der Waals surface area contributed by atoms with Crippen LogP contribution in [0.1, 0.15) is 22.3 Å². The lowest BCUT2D eigenvalue weighted by Gasteiger charge is -2.09. The van der Waals surface area contributed by atoms with E-state index >= 15 is 0 Å². The minimum atomic E-state index is -0.0475. The third-order valence-corrected chi connectivity index (χ3v) is 5.38. The number of aromatic nitrogens is 2. The Kier molecular flexibility index (Phi) is 5.91. The minimum Gasteiger partial charge on any atom is -0.325 e. The molecule has 0 aliphatic heterocycles. The predicted molar refractivity (Wildman–Crippen MR) is 112 cm³/mol. The van der Waals surface area contributed by atoms with Crippen LogP contribution in [0.3, 0.4) is 0 Å². The number of amides is 1. The van der Waals surface area contributed by atoms with Gasteiger partial charge in [0.05, 0.1) is 11.4 Å². The molecule has 4 nitrogen and oxygen atoms in total. The second kappa shape index (κ2) is 8.35. The fourth-order valence-electron chi connectivity index (χ4n) is 2.65. The zero-order valence-electron chi connectivity index (χ0n) is 16.0. The molecule has 0 fully saturated rings. The maximum atomic E-state index is 12.2. The van der Waals surface area contributed by atoms with E-state index in [2.05, 4.69) is 47.6 Å². The first-order valence-corrected chi connectivity index (χ1v) is 9.82. The van der Waals surface area contributed by atoms with Gasteiger partial charge in [-0.25, -0.2) is 0 Å². The van der Waals surface area contributed by atoms with E-state index in [1.54, 1.807) is 0 Å². The van der Waals surface area contributed by atoms with Crippen LogP contribution in [0, 0.1) is 27.7 Å². The highest BCUT2D eigenvalue weighted by atomic mass is 32.2. The van der Waals surface area contributed by atoms with Crippen LogP contribution >= 0.6 is 11.8 Å². The van der Waals surface area contributed by atoms with E-state index in [1.165, 1.54) is 22.9 Å². The number of aryl methyl sites for hydroxylation is 4. The number of anilines is 1. The van der Waals surface area contributed by atoms with Crippen LogP contribution in [0.2, 0.25) is 0 Å². The monoisotopic (exact) mass is 377 g/mol. The van der Waals surface area contributed by atoms with Crippen LogP contribution in [0.4, 0.5) is 5.69 Å². The van der Waals surface area contributed by atoms with E-state index in [0.717, 1.165) is 33.1 Å². The van der Waals surface area contributed by atoms with Gasteiger partial charge in [0.25, 0.3) is 0 Å². The summed E-state index contributed by atoms with van der Waals surface area (Å²) in [5.74, 6) is 0.249. The number of hydrogen-bond acceptors (Lipinski definition) is 4. The van der Waals surface area contributed by atoms with Crippen molar-refractivity contribution < 1.29 is 4.79 Å². The zero-order chi connectivity index (χ0) is 19.4. The van der Waals surface area contributed by atoms with Crippen molar-refractivity contribution in [2.45, 2.75) is 32.7 Å². The lowest BCUT2D eigenvalue weighted by Crippen LogP contribution is -2.15. The molecule has 0 spiro atoms. The van der Waals surface area contributed by atoms with Gasteiger partial charge in [-0.2, -0.15) is 0 Å². The summed E-state index contributed by atoms with van der Waals surface area (Å²) < 4.78 is 0. The average Bonchev–Trinajstić information content (AvgIpc) is 2.66. The van der Waals surface area contributed by atoms with Crippen molar-refractivity contribution in [3.8, 4) is 11.3 Å². The molecule has 0 saturated carbocycles. The SMILES string of the molecule is Cc1ccc(C)c(NC(=O)CSc2ccc(-c3ccc(C)c(C)c3)nn2)c1. The van der Waals surface area contributed by atoms with Crippen molar-refractivity contribution in [2.75, 3.05) is 11.1 Å². The van der Waals surface area contributed by atoms with Gasteiger partial charge in [0, 0.05) is 11.3 Å². The molecule has 5 heteroatoms. The third kappa shape index (κ3) is 4.95. The number of carbonyl (C=O) groups excluding carboxylic acids is 1.